The number of nitrogens with one attached hydrogen (secondary N) is 1. The Labute approximate surface area is 86.3 Å². The molecule has 0 aliphatic carbocycles. The fourth-order valence-corrected chi connectivity index (χ4v) is 1.58. The average molecular weight is 193 g/mol. The van der Waals surface area contributed by atoms with Crippen molar-refractivity contribution in [2.24, 2.45) is 5.92 Å². The van der Waals surface area contributed by atoms with Crippen LogP contribution in [0.5, 0.6) is 5.75 Å². The number of benzene rings is 1. The van der Waals surface area contributed by atoms with E-state index in [2.05, 4.69) is 24.4 Å². The molecule has 0 aliphatic heterocycles. The summed E-state index contributed by atoms with van der Waals surface area (Å²) in [6.45, 7) is 3.31. The lowest BCUT2D eigenvalue weighted by Crippen LogP contribution is -2.17. The Hall–Kier alpha value is -1.02. The summed E-state index contributed by atoms with van der Waals surface area (Å²) >= 11 is 0. The molecule has 0 amide bonds. The molecule has 1 N–H and O–H groups in total. The minimum absolute atomic E-state index is 0.674. The summed E-state index contributed by atoms with van der Waals surface area (Å²) < 4.78 is 5.11. The van der Waals surface area contributed by atoms with Gasteiger partial charge in [-0.15, -0.1) is 0 Å². The number of methoxy groups -OCH3 is 1. The molecule has 0 unspecified atom stereocenters. The Bertz CT molecular complexity index is 256. The van der Waals surface area contributed by atoms with Gasteiger partial charge >= 0.3 is 0 Å². The monoisotopic (exact) mass is 193 g/mol. The van der Waals surface area contributed by atoms with Crippen LogP contribution >= 0.6 is 0 Å². The molecular weight excluding hydrogens is 174 g/mol. The summed E-state index contributed by atoms with van der Waals surface area (Å²) in [5.74, 6) is 1.60. The van der Waals surface area contributed by atoms with Crippen LogP contribution in [0.1, 0.15) is 12.5 Å². The largest absolute Gasteiger partial charge is 0.497 e. The van der Waals surface area contributed by atoms with Crippen molar-refractivity contribution < 1.29 is 4.74 Å². The molecule has 0 spiro atoms. The van der Waals surface area contributed by atoms with Crippen molar-refractivity contribution in [1.29, 1.82) is 0 Å². The van der Waals surface area contributed by atoms with Crippen molar-refractivity contribution in [3.05, 3.63) is 29.8 Å². The Balaban J connectivity index is 2.50. The van der Waals surface area contributed by atoms with E-state index in [4.69, 9.17) is 4.74 Å². The summed E-state index contributed by atoms with van der Waals surface area (Å²) in [5, 5.41) is 3.19. The van der Waals surface area contributed by atoms with E-state index in [1.165, 1.54) is 5.56 Å². The molecule has 0 aliphatic rings. The number of ether oxygens (including phenoxy) is 1. The third kappa shape index (κ3) is 3.38. The van der Waals surface area contributed by atoms with E-state index in [0.29, 0.717) is 5.92 Å². The highest BCUT2D eigenvalue weighted by Crippen LogP contribution is 2.14. The minimum atomic E-state index is 0.674. The van der Waals surface area contributed by atoms with E-state index in [1.807, 2.05) is 19.2 Å². The Kier molecular flexibility index (Phi) is 4.47. The van der Waals surface area contributed by atoms with Gasteiger partial charge in [-0.05, 0) is 43.6 Å². The van der Waals surface area contributed by atoms with Gasteiger partial charge in [0.1, 0.15) is 5.75 Å². The molecular formula is C12H19NO. The van der Waals surface area contributed by atoms with Crippen molar-refractivity contribution in [2.75, 3.05) is 20.7 Å². The van der Waals surface area contributed by atoms with Crippen molar-refractivity contribution in [3.8, 4) is 5.75 Å². The van der Waals surface area contributed by atoms with Gasteiger partial charge in [0.25, 0.3) is 0 Å². The van der Waals surface area contributed by atoms with E-state index in [-0.39, 0.29) is 0 Å². The minimum Gasteiger partial charge on any atom is -0.497 e. The van der Waals surface area contributed by atoms with Gasteiger partial charge in [0, 0.05) is 0 Å². The van der Waals surface area contributed by atoms with Crippen LogP contribution in [0.3, 0.4) is 0 Å². The first-order valence-electron chi connectivity index (χ1n) is 5.03. The van der Waals surface area contributed by atoms with Crippen LogP contribution in [0.15, 0.2) is 24.3 Å². The maximum absolute atomic E-state index is 5.11. The van der Waals surface area contributed by atoms with Gasteiger partial charge in [-0.2, -0.15) is 0 Å². The van der Waals surface area contributed by atoms with Gasteiger partial charge in [0.2, 0.25) is 0 Å². The second-order valence-electron chi connectivity index (χ2n) is 3.72. The quantitative estimate of drug-likeness (QED) is 0.773. The topological polar surface area (TPSA) is 21.3 Å². The SMILES string of the molecule is CNC[C@H](C)Cc1ccc(OC)cc1. The highest BCUT2D eigenvalue weighted by Gasteiger charge is 2.02. The van der Waals surface area contributed by atoms with Crippen LogP contribution in [0, 0.1) is 5.92 Å². The average Bonchev–Trinajstić information content (AvgIpc) is 2.19. The van der Waals surface area contributed by atoms with E-state index in [0.717, 1.165) is 18.7 Å². The smallest absolute Gasteiger partial charge is 0.118 e. The van der Waals surface area contributed by atoms with Gasteiger partial charge < -0.3 is 10.1 Å². The first-order chi connectivity index (χ1) is 6.76. The lowest BCUT2D eigenvalue weighted by atomic mass is 10.0. The molecule has 1 atom stereocenters. The zero-order valence-corrected chi connectivity index (χ0v) is 9.21. The third-order valence-corrected chi connectivity index (χ3v) is 2.30. The zero-order valence-electron chi connectivity index (χ0n) is 9.21. The third-order valence-electron chi connectivity index (χ3n) is 2.30. The van der Waals surface area contributed by atoms with E-state index in [1.54, 1.807) is 7.11 Å². The second-order valence-corrected chi connectivity index (χ2v) is 3.72. The molecule has 1 aromatic carbocycles. The Morgan fingerprint density at radius 2 is 1.93 bits per heavy atom. The number of hydrogen-bond acceptors (Lipinski definition) is 2. The van der Waals surface area contributed by atoms with Crippen molar-refractivity contribution in [3.63, 3.8) is 0 Å². The Morgan fingerprint density at radius 1 is 1.29 bits per heavy atom. The van der Waals surface area contributed by atoms with Gasteiger partial charge in [0.05, 0.1) is 7.11 Å². The van der Waals surface area contributed by atoms with Gasteiger partial charge in [-0.3, -0.25) is 0 Å². The fraction of sp³-hybridized carbons (Fsp3) is 0.500. The molecule has 0 saturated heterocycles. The highest BCUT2D eigenvalue weighted by atomic mass is 16.5. The van der Waals surface area contributed by atoms with Crippen LogP contribution in [0.4, 0.5) is 0 Å². The predicted molar refractivity (Wildman–Crippen MR) is 59.8 cm³/mol. The summed E-state index contributed by atoms with van der Waals surface area (Å²) in [5.41, 5.74) is 1.37. The molecule has 14 heavy (non-hydrogen) atoms. The van der Waals surface area contributed by atoms with Crippen LogP contribution in [-0.2, 0) is 6.42 Å². The molecule has 0 heterocycles. The lowest BCUT2D eigenvalue weighted by Gasteiger charge is -2.10. The van der Waals surface area contributed by atoms with Gasteiger partial charge in [-0.1, -0.05) is 19.1 Å². The van der Waals surface area contributed by atoms with E-state index >= 15 is 0 Å². The molecule has 2 heteroatoms. The van der Waals surface area contributed by atoms with Crippen molar-refractivity contribution in [1.82, 2.24) is 5.32 Å². The maximum Gasteiger partial charge on any atom is 0.118 e. The van der Waals surface area contributed by atoms with Crippen LogP contribution in [0.2, 0.25) is 0 Å². The molecule has 0 fully saturated rings. The first-order valence-corrected chi connectivity index (χ1v) is 5.03. The molecule has 2 nitrogen and oxygen atoms in total. The fourth-order valence-electron chi connectivity index (χ4n) is 1.58. The molecule has 0 aromatic heterocycles. The van der Waals surface area contributed by atoms with E-state index < -0.39 is 0 Å². The molecule has 0 radical (unpaired) electrons. The maximum atomic E-state index is 5.11. The first kappa shape index (κ1) is 11.1. The van der Waals surface area contributed by atoms with Crippen LogP contribution in [0.25, 0.3) is 0 Å². The summed E-state index contributed by atoms with van der Waals surface area (Å²) in [6.07, 6.45) is 1.12. The number of rotatable bonds is 5. The lowest BCUT2D eigenvalue weighted by molar-refractivity contribution is 0.414. The standard InChI is InChI=1S/C12H19NO/c1-10(9-13-2)8-11-4-6-12(14-3)7-5-11/h4-7,10,13H,8-9H2,1-3H3/t10-/m1/s1. The summed E-state index contributed by atoms with van der Waals surface area (Å²) in [7, 11) is 3.68. The van der Waals surface area contributed by atoms with Crippen molar-refractivity contribution in [2.45, 2.75) is 13.3 Å². The van der Waals surface area contributed by atoms with Crippen LogP contribution in [-0.4, -0.2) is 20.7 Å². The summed E-state index contributed by atoms with van der Waals surface area (Å²) in [4.78, 5) is 0. The van der Waals surface area contributed by atoms with Crippen molar-refractivity contribution >= 4 is 0 Å². The molecule has 0 bridgehead atoms. The number of hydrogen-bond donors (Lipinski definition) is 1. The molecule has 0 saturated carbocycles. The summed E-state index contributed by atoms with van der Waals surface area (Å²) in [6, 6.07) is 8.29. The predicted octanol–water partition coefficient (Wildman–Crippen LogP) is 2.09. The second kappa shape index (κ2) is 5.66. The highest BCUT2D eigenvalue weighted by molar-refractivity contribution is 5.27. The van der Waals surface area contributed by atoms with E-state index in [9.17, 15) is 0 Å². The molecule has 1 rings (SSSR count). The van der Waals surface area contributed by atoms with Gasteiger partial charge in [-0.25, -0.2) is 0 Å². The normalized spacial score (nSPS) is 12.5. The Morgan fingerprint density at radius 3 is 2.43 bits per heavy atom. The van der Waals surface area contributed by atoms with Crippen LogP contribution < -0.4 is 10.1 Å². The molecule has 78 valence electrons. The van der Waals surface area contributed by atoms with Gasteiger partial charge in [0.15, 0.2) is 0 Å². The zero-order chi connectivity index (χ0) is 10.4. The molecule has 1 aromatic rings.